The monoisotopic (exact) mass is 371 g/mol. The first-order valence-corrected chi connectivity index (χ1v) is 9.19. The van der Waals surface area contributed by atoms with E-state index in [0.29, 0.717) is 27.2 Å². The lowest BCUT2D eigenvalue weighted by Gasteiger charge is -2.11. The fraction of sp³-hybridized carbons (Fsp3) is 0.188. The number of nitrogens with one attached hydrogen (secondary N) is 1. The molecule has 0 fully saturated rings. The lowest BCUT2D eigenvalue weighted by molar-refractivity contribution is -0.118. The van der Waals surface area contributed by atoms with Crippen molar-refractivity contribution in [1.82, 2.24) is 0 Å². The normalized spacial score (nSPS) is 11.8. The van der Waals surface area contributed by atoms with Crippen molar-refractivity contribution in [2.24, 2.45) is 0 Å². The number of benzene rings is 2. The van der Waals surface area contributed by atoms with E-state index in [0.717, 1.165) is 5.56 Å². The summed E-state index contributed by atoms with van der Waals surface area (Å²) >= 11 is 11.8. The summed E-state index contributed by atoms with van der Waals surface area (Å²) in [5, 5.41) is 3.60. The van der Waals surface area contributed by atoms with Gasteiger partial charge in [0.2, 0.25) is 0 Å². The van der Waals surface area contributed by atoms with Crippen molar-refractivity contribution in [2.45, 2.75) is 5.75 Å². The number of halogens is 2. The highest BCUT2D eigenvalue weighted by Gasteiger charge is 2.10. The minimum absolute atomic E-state index is 0.205. The molecule has 2 rings (SSSR count). The molecular formula is C16H15Cl2NO3S. The minimum Gasteiger partial charge on any atom is -0.482 e. The van der Waals surface area contributed by atoms with Crippen molar-refractivity contribution in [1.29, 1.82) is 0 Å². The van der Waals surface area contributed by atoms with Gasteiger partial charge < -0.3 is 10.1 Å². The van der Waals surface area contributed by atoms with Gasteiger partial charge >= 0.3 is 0 Å². The van der Waals surface area contributed by atoms with Gasteiger partial charge in [0, 0.05) is 33.8 Å². The van der Waals surface area contributed by atoms with Crippen molar-refractivity contribution in [3.8, 4) is 5.75 Å². The first-order chi connectivity index (χ1) is 11.0. The summed E-state index contributed by atoms with van der Waals surface area (Å²) in [4.78, 5) is 12.0. The van der Waals surface area contributed by atoms with Crippen molar-refractivity contribution < 1.29 is 13.7 Å². The third kappa shape index (κ3) is 5.53. The molecule has 7 heteroatoms. The zero-order chi connectivity index (χ0) is 16.8. The molecule has 0 unspecified atom stereocenters. The lowest BCUT2D eigenvalue weighted by Crippen LogP contribution is -2.21. The predicted octanol–water partition coefficient (Wildman–Crippen LogP) is 3.89. The Morgan fingerprint density at radius 3 is 2.70 bits per heavy atom. The van der Waals surface area contributed by atoms with Crippen LogP contribution in [0.4, 0.5) is 5.69 Å². The molecule has 0 spiro atoms. The van der Waals surface area contributed by atoms with Gasteiger partial charge in [-0.05, 0) is 23.8 Å². The van der Waals surface area contributed by atoms with Gasteiger partial charge in [0.05, 0.1) is 10.8 Å². The van der Waals surface area contributed by atoms with Crippen LogP contribution in [0.2, 0.25) is 10.0 Å². The highest BCUT2D eigenvalue weighted by molar-refractivity contribution is 7.83. The third-order valence-electron chi connectivity index (χ3n) is 2.90. The summed E-state index contributed by atoms with van der Waals surface area (Å²) in [6, 6.07) is 12.0. The Hall–Kier alpha value is -1.56. The number of rotatable bonds is 6. The molecule has 0 aromatic heterocycles. The second kappa shape index (κ2) is 8.34. The second-order valence-corrected chi connectivity index (χ2v) is 7.06. The average molecular weight is 372 g/mol. The van der Waals surface area contributed by atoms with Crippen LogP contribution in [0.25, 0.3) is 0 Å². The van der Waals surface area contributed by atoms with E-state index in [1.807, 2.05) is 12.1 Å². The van der Waals surface area contributed by atoms with Crippen molar-refractivity contribution >= 4 is 45.6 Å². The number of anilines is 1. The molecule has 0 bridgehead atoms. The topological polar surface area (TPSA) is 55.4 Å². The molecular weight excluding hydrogens is 357 g/mol. The molecule has 0 saturated heterocycles. The number of hydrogen-bond acceptors (Lipinski definition) is 3. The molecule has 122 valence electrons. The zero-order valence-electron chi connectivity index (χ0n) is 12.3. The van der Waals surface area contributed by atoms with E-state index in [1.165, 1.54) is 0 Å². The van der Waals surface area contributed by atoms with Gasteiger partial charge in [-0.3, -0.25) is 9.00 Å². The van der Waals surface area contributed by atoms with Gasteiger partial charge in [0.15, 0.2) is 6.61 Å². The Bertz CT molecular complexity index is 737. The van der Waals surface area contributed by atoms with Crippen LogP contribution < -0.4 is 10.1 Å². The number of hydrogen-bond donors (Lipinski definition) is 1. The Morgan fingerprint density at radius 1 is 1.22 bits per heavy atom. The fourth-order valence-corrected chi connectivity index (χ4v) is 2.93. The van der Waals surface area contributed by atoms with Crippen LogP contribution in [0.3, 0.4) is 0 Å². The zero-order valence-corrected chi connectivity index (χ0v) is 14.7. The molecule has 0 saturated carbocycles. The van der Waals surface area contributed by atoms with Gasteiger partial charge in [-0.1, -0.05) is 41.4 Å². The van der Waals surface area contributed by atoms with Crippen molar-refractivity contribution in [2.75, 3.05) is 18.2 Å². The van der Waals surface area contributed by atoms with E-state index in [2.05, 4.69) is 5.32 Å². The smallest absolute Gasteiger partial charge is 0.262 e. The number of carbonyl (C=O) groups is 1. The van der Waals surface area contributed by atoms with Crippen LogP contribution in [0.15, 0.2) is 42.5 Å². The molecule has 2 aromatic rings. The van der Waals surface area contributed by atoms with Gasteiger partial charge in [-0.25, -0.2) is 0 Å². The standard InChI is InChI=1S/C16H15Cl2NO3S/c1-23(21)10-11-4-2-3-5-14(11)19-16(20)9-22-15-8-12(17)6-7-13(15)18/h2-8H,9-10H2,1H3,(H,19,20)/t23-/m0/s1. The second-order valence-electron chi connectivity index (χ2n) is 4.79. The summed E-state index contributed by atoms with van der Waals surface area (Å²) in [5.74, 6) is 0.380. The largest absolute Gasteiger partial charge is 0.482 e. The Morgan fingerprint density at radius 2 is 1.96 bits per heavy atom. The van der Waals surface area contributed by atoms with Crippen LogP contribution >= 0.6 is 23.2 Å². The van der Waals surface area contributed by atoms with Crippen LogP contribution in [-0.2, 0) is 21.3 Å². The summed E-state index contributed by atoms with van der Waals surface area (Å²) in [5.41, 5.74) is 1.43. The third-order valence-corrected chi connectivity index (χ3v) is 4.17. The molecule has 0 aliphatic carbocycles. The maximum atomic E-state index is 12.0. The number of para-hydroxylation sites is 1. The van der Waals surface area contributed by atoms with E-state index in [1.54, 1.807) is 36.6 Å². The molecule has 0 aliphatic heterocycles. The van der Waals surface area contributed by atoms with Crippen LogP contribution in [-0.4, -0.2) is 23.0 Å². The molecule has 0 aliphatic rings. The van der Waals surface area contributed by atoms with E-state index < -0.39 is 10.8 Å². The highest BCUT2D eigenvalue weighted by Crippen LogP contribution is 2.27. The Kier molecular flexibility index (Phi) is 6.45. The lowest BCUT2D eigenvalue weighted by atomic mass is 10.2. The van der Waals surface area contributed by atoms with Gasteiger partial charge in [-0.15, -0.1) is 0 Å². The van der Waals surface area contributed by atoms with Gasteiger partial charge in [0.1, 0.15) is 5.75 Å². The van der Waals surface area contributed by atoms with Crippen LogP contribution in [0, 0.1) is 0 Å². The first kappa shape index (κ1) is 17.8. The predicted molar refractivity (Wildman–Crippen MR) is 94.8 cm³/mol. The number of amides is 1. The van der Waals surface area contributed by atoms with Crippen molar-refractivity contribution in [3.63, 3.8) is 0 Å². The first-order valence-electron chi connectivity index (χ1n) is 6.71. The van der Waals surface area contributed by atoms with E-state index >= 15 is 0 Å². The molecule has 0 radical (unpaired) electrons. The SMILES string of the molecule is C[S@](=O)Cc1ccccc1NC(=O)COc1cc(Cl)ccc1Cl. The van der Waals surface area contributed by atoms with Crippen LogP contribution in [0.5, 0.6) is 5.75 Å². The summed E-state index contributed by atoms with van der Waals surface area (Å²) in [7, 11) is -0.995. The van der Waals surface area contributed by atoms with Crippen molar-refractivity contribution in [3.05, 3.63) is 58.1 Å². The molecule has 1 N–H and O–H groups in total. The molecule has 1 amide bonds. The Balaban J connectivity index is 2.00. The number of carbonyl (C=O) groups excluding carboxylic acids is 1. The quantitative estimate of drug-likeness (QED) is 0.837. The van der Waals surface area contributed by atoms with E-state index in [9.17, 15) is 9.00 Å². The fourth-order valence-electron chi connectivity index (χ4n) is 1.90. The maximum Gasteiger partial charge on any atom is 0.262 e. The molecule has 4 nitrogen and oxygen atoms in total. The maximum absolute atomic E-state index is 12.0. The van der Waals surface area contributed by atoms with Gasteiger partial charge in [-0.2, -0.15) is 0 Å². The molecule has 2 aromatic carbocycles. The summed E-state index contributed by atoms with van der Waals surface area (Å²) < 4.78 is 16.8. The highest BCUT2D eigenvalue weighted by atomic mass is 35.5. The average Bonchev–Trinajstić information content (AvgIpc) is 2.50. The Labute approximate surface area is 147 Å². The summed E-state index contributed by atoms with van der Waals surface area (Å²) in [6.07, 6.45) is 1.61. The summed E-state index contributed by atoms with van der Waals surface area (Å²) in [6.45, 7) is -0.205. The van der Waals surface area contributed by atoms with E-state index in [-0.39, 0.29) is 12.5 Å². The minimum atomic E-state index is -0.995. The molecule has 1 atom stereocenters. The van der Waals surface area contributed by atoms with Gasteiger partial charge in [0.25, 0.3) is 5.91 Å². The molecule has 23 heavy (non-hydrogen) atoms. The molecule has 0 heterocycles. The van der Waals surface area contributed by atoms with E-state index in [4.69, 9.17) is 27.9 Å². The number of ether oxygens (including phenoxy) is 1. The van der Waals surface area contributed by atoms with Crippen LogP contribution in [0.1, 0.15) is 5.56 Å².